The zero-order chi connectivity index (χ0) is 16.2. The maximum atomic E-state index is 13.1. The molecule has 0 aromatic heterocycles. The lowest BCUT2D eigenvalue weighted by molar-refractivity contribution is -0.230. The molecule has 3 atom stereocenters. The van der Waals surface area contributed by atoms with E-state index in [2.05, 4.69) is 17.1 Å². The molecule has 112 valence electrons. The third-order valence-corrected chi connectivity index (χ3v) is 4.68. The first-order valence-corrected chi connectivity index (χ1v) is 6.53. The monoisotopic (exact) mass is 300 g/mol. The average Bonchev–Trinajstić information content (AvgIpc) is 3.11. The van der Waals surface area contributed by atoms with Crippen molar-refractivity contribution in [2.24, 2.45) is 21.6 Å². The molecule has 1 aliphatic heterocycles. The highest BCUT2D eigenvalue weighted by molar-refractivity contribution is 6.00. The van der Waals surface area contributed by atoms with E-state index in [1.54, 1.807) is 0 Å². The summed E-state index contributed by atoms with van der Waals surface area (Å²) < 4.78 is 23.8. The summed E-state index contributed by atoms with van der Waals surface area (Å²) in [7, 11) is 2.68. The van der Waals surface area contributed by atoms with Crippen molar-refractivity contribution in [3.05, 3.63) is 35.6 Å². The van der Waals surface area contributed by atoms with Crippen LogP contribution in [0.5, 0.6) is 0 Å². The number of fused-ring (bicyclic) bond motifs is 1. The maximum absolute atomic E-state index is 13.1. The van der Waals surface area contributed by atoms with Gasteiger partial charge in [-0.15, -0.1) is 0 Å². The minimum absolute atomic E-state index is 0.00502. The van der Waals surface area contributed by atoms with Gasteiger partial charge in [-0.1, -0.05) is 12.1 Å². The second kappa shape index (κ2) is 4.26. The van der Waals surface area contributed by atoms with Crippen molar-refractivity contribution >= 4 is 5.84 Å². The zero-order valence-corrected chi connectivity index (χ0v) is 12.0. The number of benzene rings is 1. The van der Waals surface area contributed by atoms with Crippen LogP contribution >= 0.6 is 0 Å². The Morgan fingerprint density at radius 1 is 1.18 bits per heavy atom. The lowest BCUT2D eigenvalue weighted by atomic mass is 9.93. The number of nitrogens with two attached hydrogens (primary N) is 1. The van der Waals surface area contributed by atoms with Gasteiger partial charge in [-0.2, -0.15) is 10.5 Å². The molecule has 0 bridgehead atoms. The fourth-order valence-corrected chi connectivity index (χ4v) is 3.68. The molecule has 1 saturated carbocycles. The van der Waals surface area contributed by atoms with E-state index in [9.17, 15) is 14.9 Å². The summed E-state index contributed by atoms with van der Waals surface area (Å²) in [5, 5.41) is 19.5. The van der Waals surface area contributed by atoms with Crippen molar-refractivity contribution < 1.29 is 13.9 Å². The van der Waals surface area contributed by atoms with Crippen LogP contribution in [-0.2, 0) is 9.47 Å². The van der Waals surface area contributed by atoms with Gasteiger partial charge in [-0.3, -0.25) is 0 Å². The Morgan fingerprint density at radius 2 is 1.77 bits per heavy atom. The van der Waals surface area contributed by atoms with Crippen LogP contribution in [0.3, 0.4) is 0 Å². The third kappa shape index (κ3) is 1.22. The number of ether oxygens (including phenoxy) is 2. The van der Waals surface area contributed by atoms with Crippen LogP contribution in [0.4, 0.5) is 4.39 Å². The summed E-state index contributed by atoms with van der Waals surface area (Å²) in [6, 6.07) is 9.84. The Bertz CT molecular complexity index is 744. The molecule has 7 heteroatoms. The number of amidine groups is 1. The predicted octanol–water partition coefficient (Wildman–Crippen LogP) is 1.26. The quantitative estimate of drug-likeness (QED) is 0.846. The van der Waals surface area contributed by atoms with E-state index in [0.717, 1.165) is 0 Å². The molecule has 0 unspecified atom stereocenters. The smallest absolute Gasteiger partial charge is 0.292 e. The number of nitrogens with zero attached hydrogens (tertiary/aromatic N) is 3. The van der Waals surface area contributed by atoms with Crippen molar-refractivity contribution in [3.8, 4) is 12.1 Å². The van der Waals surface area contributed by atoms with Crippen molar-refractivity contribution in [1.29, 1.82) is 10.5 Å². The number of hydrogen-bond acceptors (Lipinski definition) is 6. The molecule has 6 nitrogen and oxygen atoms in total. The molecule has 1 aliphatic carbocycles. The highest BCUT2D eigenvalue weighted by Crippen LogP contribution is 2.81. The van der Waals surface area contributed by atoms with Crippen LogP contribution in [0.25, 0.3) is 0 Å². The van der Waals surface area contributed by atoms with Crippen molar-refractivity contribution in [3.63, 3.8) is 0 Å². The van der Waals surface area contributed by atoms with Gasteiger partial charge >= 0.3 is 0 Å². The molecule has 1 aromatic carbocycles. The fourth-order valence-electron chi connectivity index (χ4n) is 3.68. The third-order valence-electron chi connectivity index (χ3n) is 4.68. The van der Waals surface area contributed by atoms with Crippen LogP contribution in [0.15, 0.2) is 29.3 Å². The Labute approximate surface area is 126 Å². The van der Waals surface area contributed by atoms with E-state index >= 15 is 0 Å². The molecular formula is C15H13FN4O2. The number of nitriles is 2. The molecule has 1 fully saturated rings. The molecule has 2 aliphatic rings. The number of aliphatic imine (C=N–C) groups is 1. The van der Waals surface area contributed by atoms with Crippen molar-refractivity contribution in [2.45, 2.75) is 11.8 Å². The minimum atomic E-state index is -1.65. The first kappa shape index (κ1) is 14.5. The number of rotatable bonds is 3. The summed E-state index contributed by atoms with van der Waals surface area (Å²) in [6.45, 7) is 0. The van der Waals surface area contributed by atoms with Crippen LogP contribution in [0.2, 0.25) is 0 Å². The first-order chi connectivity index (χ1) is 10.5. The molecule has 22 heavy (non-hydrogen) atoms. The lowest BCUT2D eigenvalue weighted by Gasteiger charge is -2.29. The summed E-state index contributed by atoms with van der Waals surface area (Å²) in [6.07, 6.45) is 0. The Hall–Kier alpha value is -2.48. The van der Waals surface area contributed by atoms with Gasteiger partial charge in [-0.05, 0) is 17.7 Å². The van der Waals surface area contributed by atoms with Crippen molar-refractivity contribution in [1.82, 2.24) is 0 Å². The summed E-state index contributed by atoms with van der Waals surface area (Å²) in [5.41, 5.74) is 3.82. The predicted molar refractivity (Wildman–Crippen MR) is 73.6 cm³/mol. The first-order valence-electron chi connectivity index (χ1n) is 6.53. The van der Waals surface area contributed by atoms with Crippen LogP contribution < -0.4 is 5.73 Å². The molecule has 2 N–H and O–H groups in total. The average molecular weight is 300 g/mol. The van der Waals surface area contributed by atoms with Crippen LogP contribution in [-0.4, -0.2) is 26.0 Å². The SMILES string of the molecule is COC1(OC)N=C(N)[C@@]2(C#N)[C@H](c3ccc(F)cc3)[C@]12C#N. The van der Waals surface area contributed by atoms with E-state index in [0.29, 0.717) is 5.56 Å². The number of hydrogen-bond donors (Lipinski definition) is 1. The van der Waals surface area contributed by atoms with Crippen LogP contribution in [0.1, 0.15) is 11.5 Å². The number of methoxy groups -OCH3 is 2. The van der Waals surface area contributed by atoms with E-state index in [-0.39, 0.29) is 5.84 Å². The highest BCUT2D eigenvalue weighted by atomic mass is 19.1. The molecule has 0 saturated heterocycles. The molecule has 1 heterocycles. The summed E-state index contributed by atoms with van der Waals surface area (Å²) in [5.74, 6) is -2.67. The van der Waals surface area contributed by atoms with E-state index in [1.807, 2.05) is 0 Å². The topological polar surface area (TPSA) is 104 Å². The van der Waals surface area contributed by atoms with Gasteiger partial charge in [0.1, 0.15) is 17.1 Å². The number of halogens is 1. The van der Waals surface area contributed by atoms with Gasteiger partial charge in [0.2, 0.25) is 0 Å². The van der Waals surface area contributed by atoms with Gasteiger partial charge in [0, 0.05) is 20.1 Å². The van der Waals surface area contributed by atoms with E-state index < -0.39 is 28.5 Å². The van der Waals surface area contributed by atoms with Gasteiger partial charge in [0.15, 0.2) is 5.41 Å². The maximum Gasteiger partial charge on any atom is 0.292 e. The molecule has 1 aromatic rings. The van der Waals surface area contributed by atoms with Gasteiger partial charge in [-0.25, -0.2) is 9.38 Å². The second-order valence-electron chi connectivity index (χ2n) is 5.31. The van der Waals surface area contributed by atoms with Gasteiger partial charge < -0.3 is 15.2 Å². The van der Waals surface area contributed by atoms with E-state index in [4.69, 9.17) is 15.2 Å². The van der Waals surface area contributed by atoms with Crippen molar-refractivity contribution in [2.75, 3.05) is 14.2 Å². The molecule has 0 radical (unpaired) electrons. The van der Waals surface area contributed by atoms with Gasteiger partial charge in [0.25, 0.3) is 5.91 Å². The zero-order valence-electron chi connectivity index (χ0n) is 12.0. The van der Waals surface area contributed by atoms with Gasteiger partial charge in [0.05, 0.1) is 12.1 Å². The Balaban J connectivity index is 2.23. The Kier molecular flexibility index (Phi) is 2.80. The Morgan fingerprint density at radius 3 is 2.23 bits per heavy atom. The molecule has 3 rings (SSSR count). The standard InChI is InChI=1S/C15H13FN4O2/c1-21-15(22-2)14(8-18)11(9-3-5-10(16)6-4-9)13(14,7-17)12(19)20-15/h3-6,11H,1-2H3,(H2,19,20)/t11-,13+,14-/m0/s1. The van der Waals surface area contributed by atoms with E-state index in [1.165, 1.54) is 38.5 Å². The molecular weight excluding hydrogens is 287 g/mol. The largest absolute Gasteiger partial charge is 0.386 e. The summed E-state index contributed by atoms with van der Waals surface area (Å²) >= 11 is 0. The molecule has 0 spiro atoms. The highest BCUT2D eigenvalue weighted by Gasteiger charge is 2.93. The lowest BCUT2D eigenvalue weighted by Crippen LogP contribution is -2.41. The minimum Gasteiger partial charge on any atom is -0.386 e. The fraction of sp³-hybridized carbons (Fsp3) is 0.400. The normalized spacial score (nSPS) is 34.2. The molecule has 0 amide bonds. The van der Waals surface area contributed by atoms with Crippen LogP contribution in [0, 0.1) is 39.3 Å². The second-order valence-corrected chi connectivity index (χ2v) is 5.31. The summed E-state index contributed by atoms with van der Waals surface area (Å²) in [4.78, 5) is 4.10.